The molecular weight excluding hydrogens is 222 g/mol. The summed E-state index contributed by atoms with van der Waals surface area (Å²) in [6.45, 7) is 9.53. The molecule has 2 unspecified atom stereocenters. The van der Waals surface area contributed by atoms with Crippen LogP contribution in [0.4, 0.5) is 0 Å². The molecule has 1 saturated heterocycles. The first-order valence-electron chi connectivity index (χ1n) is 7.07. The van der Waals surface area contributed by atoms with E-state index in [1.807, 2.05) is 0 Å². The second kappa shape index (κ2) is 6.35. The average molecular weight is 247 g/mol. The third-order valence-corrected chi connectivity index (χ3v) is 3.95. The topological polar surface area (TPSA) is 21.3 Å². The van der Waals surface area contributed by atoms with E-state index in [4.69, 9.17) is 4.74 Å². The Labute approximate surface area is 111 Å². The van der Waals surface area contributed by atoms with Crippen molar-refractivity contribution in [3.05, 3.63) is 35.4 Å². The number of ether oxygens (including phenoxy) is 1. The molecule has 1 aliphatic rings. The number of rotatable bonds is 5. The molecule has 0 aliphatic carbocycles. The van der Waals surface area contributed by atoms with Gasteiger partial charge in [0.2, 0.25) is 0 Å². The van der Waals surface area contributed by atoms with Crippen molar-refractivity contribution >= 4 is 0 Å². The van der Waals surface area contributed by atoms with Crippen LogP contribution in [0.2, 0.25) is 0 Å². The van der Waals surface area contributed by atoms with Gasteiger partial charge in [0, 0.05) is 19.2 Å². The van der Waals surface area contributed by atoms with Crippen LogP contribution in [0.1, 0.15) is 44.2 Å². The fourth-order valence-electron chi connectivity index (χ4n) is 2.41. The van der Waals surface area contributed by atoms with Crippen molar-refractivity contribution in [2.45, 2.75) is 45.7 Å². The van der Waals surface area contributed by atoms with Crippen molar-refractivity contribution in [1.29, 1.82) is 0 Å². The maximum absolute atomic E-state index is 5.43. The van der Waals surface area contributed by atoms with Crippen LogP contribution in [0.25, 0.3) is 0 Å². The molecule has 0 radical (unpaired) electrons. The first kappa shape index (κ1) is 13.6. The lowest BCUT2D eigenvalue weighted by Gasteiger charge is -2.19. The van der Waals surface area contributed by atoms with E-state index in [9.17, 15) is 0 Å². The highest BCUT2D eigenvalue weighted by molar-refractivity contribution is 5.24. The lowest BCUT2D eigenvalue weighted by Crippen LogP contribution is -2.33. The van der Waals surface area contributed by atoms with Crippen molar-refractivity contribution < 1.29 is 4.74 Å². The summed E-state index contributed by atoms with van der Waals surface area (Å²) in [4.78, 5) is 0. The van der Waals surface area contributed by atoms with Gasteiger partial charge in [-0.25, -0.2) is 0 Å². The average Bonchev–Trinajstić information content (AvgIpc) is 2.90. The van der Waals surface area contributed by atoms with Crippen molar-refractivity contribution in [1.82, 2.24) is 5.32 Å². The summed E-state index contributed by atoms with van der Waals surface area (Å²) in [6.07, 6.45) is 1.19. The van der Waals surface area contributed by atoms with Crippen LogP contribution in [0.5, 0.6) is 0 Å². The minimum absolute atomic E-state index is 0.539. The summed E-state index contributed by atoms with van der Waals surface area (Å²) in [5.74, 6) is 1.29. The van der Waals surface area contributed by atoms with Crippen molar-refractivity contribution in [2.75, 3.05) is 13.2 Å². The zero-order valence-electron chi connectivity index (χ0n) is 11.8. The maximum atomic E-state index is 5.43. The summed E-state index contributed by atoms with van der Waals surface area (Å²) in [7, 11) is 0. The van der Waals surface area contributed by atoms with Crippen molar-refractivity contribution in [3.63, 3.8) is 0 Å². The van der Waals surface area contributed by atoms with Gasteiger partial charge in [0.25, 0.3) is 0 Å². The van der Waals surface area contributed by atoms with Crippen LogP contribution in [0.3, 0.4) is 0 Å². The number of hydrogen-bond donors (Lipinski definition) is 1. The first-order valence-corrected chi connectivity index (χ1v) is 7.07. The Morgan fingerprint density at radius 2 is 1.94 bits per heavy atom. The van der Waals surface area contributed by atoms with Crippen molar-refractivity contribution in [3.8, 4) is 0 Å². The molecule has 1 fully saturated rings. The molecule has 0 saturated carbocycles. The Morgan fingerprint density at radius 1 is 1.22 bits per heavy atom. The fourth-order valence-corrected chi connectivity index (χ4v) is 2.41. The van der Waals surface area contributed by atoms with E-state index in [0.29, 0.717) is 17.9 Å². The minimum Gasteiger partial charge on any atom is -0.381 e. The number of benzene rings is 1. The summed E-state index contributed by atoms with van der Waals surface area (Å²) in [5, 5.41) is 3.61. The Morgan fingerprint density at radius 3 is 2.50 bits per heavy atom. The van der Waals surface area contributed by atoms with Gasteiger partial charge in [-0.1, -0.05) is 38.1 Å². The van der Waals surface area contributed by atoms with Crippen LogP contribution >= 0.6 is 0 Å². The van der Waals surface area contributed by atoms with E-state index < -0.39 is 0 Å². The predicted octanol–water partition coefficient (Wildman–Crippen LogP) is 3.32. The SMILES string of the molecule is CC(C)c1ccc(CNC(C)C2CCOC2)cc1. The molecule has 0 bridgehead atoms. The van der Waals surface area contributed by atoms with Crippen LogP contribution in [-0.2, 0) is 11.3 Å². The van der Waals surface area contributed by atoms with Gasteiger partial charge < -0.3 is 10.1 Å². The molecule has 1 N–H and O–H groups in total. The summed E-state index contributed by atoms with van der Waals surface area (Å²) in [5.41, 5.74) is 2.78. The van der Waals surface area contributed by atoms with Gasteiger partial charge in [0.15, 0.2) is 0 Å². The van der Waals surface area contributed by atoms with E-state index in [1.165, 1.54) is 17.5 Å². The van der Waals surface area contributed by atoms with Gasteiger partial charge in [-0.05, 0) is 36.3 Å². The van der Waals surface area contributed by atoms with E-state index >= 15 is 0 Å². The smallest absolute Gasteiger partial charge is 0.0509 e. The van der Waals surface area contributed by atoms with Gasteiger partial charge in [0.05, 0.1) is 6.61 Å². The van der Waals surface area contributed by atoms with Gasteiger partial charge in [0.1, 0.15) is 0 Å². The fraction of sp³-hybridized carbons (Fsp3) is 0.625. The molecule has 0 spiro atoms. The van der Waals surface area contributed by atoms with E-state index in [2.05, 4.69) is 50.4 Å². The van der Waals surface area contributed by atoms with E-state index in [1.54, 1.807) is 0 Å². The highest BCUT2D eigenvalue weighted by atomic mass is 16.5. The summed E-state index contributed by atoms with van der Waals surface area (Å²) >= 11 is 0. The number of hydrogen-bond acceptors (Lipinski definition) is 2. The molecule has 1 aliphatic heterocycles. The van der Waals surface area contributed by atoms with E-state index in [-0.39, 0.29) is 0 Å². The molecule has 1 heterocycles. The molecule has 2 rings (SSSR count). The highest BCUT2D eigenvalue weighted by Gasteiger charge is 2.21. The molecule has 0 amide bonds. The third-order valence-electron chi connectivity index (χ3n) is 3.95. The lowest BCUT2D eigenvalue weighted by molar-refractivity contribution is 0.178. The van der Waals surface area contributed by atoms with Crippen molar-refractivity contribution in [2.24, 2.45) is 5.92 Å². The standard InChI is InChI=1S/C16H25NO/c1-12(2)15-6-4-14(5-7-15)10-17-13(3)16-8-9-18-11-16/h4-7,12-13,16-17H,8-11H2,1-3H3. The highest BCUT2D eigenvalue weighted by Crippen LogP contribution is 2.17. The molecule has 2 heteroatoms. The monoisotopic (exact) mass is 247 g/mol. The van der Waals surface area contributed by atoms with Crippen LogP contribution in [0, 0.1) is 5.92 Å². The largest absolute Gasteiger partial charge is 0.381 e. The molecule has 100 valence electrons. The molecule has 0 aromatic heterocycles. The molecule has 18 heavy (non-hydrogen) atoms. The van der Waals surface area contributed by atoms with Crippen LogP contribution < -0.4 is 5.32 Å². The van der Waals surface area contributed by atoms with Gasteiger partial charge in [-0.15, -0.1) is 0 Å². The maximum Gasteiger partial charge on any atom is 0.0509 e. The van der Waals surface area contributed by atoms with Crippen LogP contribution in [0.15, 0.2) is 24.3 Å². The zero-order chi connectivity index (χ0) is 13.0. The molecule has 2 nitrogen and oxygen atoms in total. The summed E-state index contributed by atoms with van der Waals surface area (Å²) in [6, 6.07) is 9.49. The third kappa shape index (κ3) is 3.56. The second-order valence-electron chi connectivity index (χ2n) is 5.69. The Bertz CT molecular complexity index is 352. The summed E-state index contributed by atoms with van der Waals surface area (Å²) < 4.78 is 5.43. The normalized spacial score (nSPS) is 21.4. The molecule has 1 aromatic carbocycles. The van der Waals surface area contributed by atoms with Gasteiger partial charge in [-0.3, -0.25) is 0 Å². The lowest BCUT2D eigenvalue weighted by atomic mass is 9.99. The first-order chi connectivity index (χ1) is 8.66. The molecule has 1 aromatic rings. The van der Waals surface area contributed by atoms with E-state index in [0.717, 1.165) is 19.8 Å². The van der Waals surface area contributed by atoms with Gasteiger partial charge in [-0.2, -0.15) is 0 Å². The molecule has 2 atom stereocenters. The van der Waals surface area contributed by atoms with Crippen LogP contribution in [-0.4, -0.2) is 19.3 Å². The Hall–Kier alpha value is -0.860. The Balaban J connectivity index is 1.82. The zero-order valence-corrected chi connectivity index (χ0v) is 11.8. The number of nitrogens with one attached hydrogen (secondary N) is 1. The predicted molar refractivity (Wildman–Crippen MR) is 75.8 cm³/mol. The van der Waals surface area contributed by atoms with Gasteiger partial charge >= 0.3 is 0 Å². The second-order valence-corrected chi connectivity index (χ2v) is 5.69. The molecular formula is C16H25NO. The Kier molecular flexibility index (Phi) is 4.79. The quantitative estimate of drug-likeness (QED) is 0.862. The minimum atomic E-state index is 0.539.